The average Bonchev–Trinajstić information content (AvgIpc) is 3.03. The number of aromatic nitrogens is 2. The molecular weight excluding hydrogens is 236 g/mol. The van der Waals surface area contributed by atoms with Crippen LogP contribution in [0, 0.1) is 0 Å². The van der Waals surface area contributed by atoms with Crippen molar-refractivity contribution in [3.63, 3.8) is 0 Å². The highest BCUT2D eigenvalue weighted by molar-refractivity contribution is 5.61. The Morgan fingerprint density at radius 2 is 2.37 bits per heavy atom. The highest BCUT2D eigenvalue weighted by Crippen LogP contribution is 2.26. The van der Waals surface area contributed by atoms with E-state index in [2.05, 4.69) is 40.1 Å². The Kier molecular flexibility index (Phi) is 3.51. The van der Waals surface area contributed by atoms with Crippen LogP contribution in [0.25, 0.3) is 0 Å². The second-order valence-electron chi connectivity index (χ2n) is 5.08. The van der Waals surface area contributed by atoms with Crippen LogP contribution in [0.4, 0.5) is 5.69 Å². The number of nitrogens with one attached hydrogen (secondary N) is 2. The van der Waals surface area contributed by atoms with E-state index in [9.17, 15) is 0 Å². The summed E-state index contributed by atoms with van der Waals surface area (Å²) in [6.07, 6.45) is 6.18. The SMILES string of the molecule is Cn1cc(CCNCc2cccc3c2NCC3)cn1. The maximum absolute atomic E-state index is 4.18. The zero-order chi connectivity index (χ0) is 13.1. The van der Waals surface area contributed by atoms with Crippen LogP contribution in [0.3, 0.4) is 0 Å². The van der Waals surface area contributed by atoms with Crippen molar-refractivity contribution in [1.29, 1.82) is 0 Å². The lowest BCUT2D eigenvalue weighted by Crippen LogP contribution is -2.17. The number of hydrogen-bond donors (Lipinski definition) is 2. The van der Waals surface area contributed by atoms with E-state index in [0.29, 0.717) is 0 Å². The minimum Gasteiger partial charge on any atom is -0.384 e. The number of aryl methyl sites for hydroxylation is 1. The van der Waals surface area contributed by atoms with Crippen molar-refractivity contribution in [2.45, 2.75) is 19.4 Å². The van der Waals surface area contributed by atoms with Gasteiger partial charge in [-0.25, -0.2) is 0 Å². The summed E-state index contributed by atoms with van der Waals surface area (Å²) in [5.41, 5.74) is 5.45. The number of hydrogen-bond acceptors (Lipinski definition) is 3. The molecule has 0 saturated carbocycles. The van der Waals surface area contributed by atoms with Crippen molar-refractivity contribution < 1.29 is 0 Å². The van der Waals surface area contributed by atoms with E-state index in [1.807, 2.05) is 17.9 Å². The standard InChI is InChI=1S/C15H20N4/c1-19-11-12(9-18-19)5-7-16-10-14-4-2-3-13-6-8-17-15(13)14/h2-4,9,11,16-17H,5-8,10H2,1H3. The molecule has 1 aromatic carbocycles. The molecule has 19 heavy (non-hydrogen) atoms. The Balaban J connectivity index is 1.52. The Labute approximate surface area is 113 Å². The first-order chi connectivity index (χ1) is 9.33. The van der Waals surface area contributed by atoms with E-state index in [0.717, 1.165) is 32.5 Å². The molecule has 0 atom stereocenters. The van der Waals surface area contributed by atoms with Crippen molar-refractivity contribution >= 4 is 5.69 Å². The second-order valence-corrected chi connectivity index (χ2v) is 5.08. The zero-order valence-corrected chi connectivity index (χ0v) is 11.3. The molecule has 0 fully saturated rings. The van der Waals surface area contributed by atoms with Gasteiger partial charge in [-0.2, -0.15) is 5.10 Å². The lowest BCUT2D eigenvalue weighted by Gasteiger charge is -2.09. The third-order valence-corrected chi connectivity index (χ3v) is 3.60. The summed E-state index contributed by atoms with van der Waals surface area (Å²) < 4.78 is 1.85. The number of rotatable bonds is 5. The van der Waals surface area contributed by atoms with E-state index in [-0.39, 0.29) is 0 Å². The summed E-state index contributed by atoms with van der Waals surface area (Å²) in [7, 11) is 1.95. The fourth-order valence-corrected chi connectivity index (χ4v) is 2.61. The minimum absolute atomic E-state index is 0.927. The first kappa shape index (κ1) is 12.2. The summed E-state index contributed by atoms with van der Waals surface area (Å²) in [5, 5.41) is 11.2. The monoisotopic (exact) mass is 256 g/mol. The molecule has 4 nitrogen and oxygen atoms in total. The van der Waals surface area contributed by atoms with Gasteiger partial charge < -0.3 is 10.6 Å². The van der Waals surface area contributed by atoms with Crippen LogP contribution in [-0.2, 0) is 26.4 Å². The van der Waals surface area contributed by atoms with Gasteiger partial charge in [-0.05, 0) is 36.1 Å². The molecule has 2 heterocycles. The molecule has 0 unspecified atom stereocenters. The van der Waals surface area contributed by atoms with Gasteiger partial charge in [0.25, 0.3) is 0 Å². The van der Waals surface area contributed by atoms with Gasteiger partial charge in [0, 0.05) is 32.0 Å². The van der Waals surface area contributed by atoms with Crippen LogP contribution in [-0.4, -0.2) is 22.9 Å². The summed E-state index contributed by atoms with van der Waals surface area (Å²) in [4.78, 5) is 0. The second kappa shape index (κ2) is 5.45. The van der Waals surface area contributed by atoms with E-state index in [1.165, 1.54) is 22.4 Å². The van der Waals surface area contributed by atoms with Gasteiger partial charge in [0.05, 0.1) is 6.20 Å². The van der Waals surface area contributed by atoms with Gasteiger partial charge in [0.1, 0.15) is 0 Å². The number of benzene rings is 1. The fraction of sp³-hybridized carbons (Fsp3) is 0.400. The van der Waals surface area contributed by atoms with E-state index in [4.69, 9.17) is 0 Å². The van der Waals surface area contributed by atoms with Crippen molar-refractivity contribution in [3.8, 4) is 0 Å². The van der Waals surface area contributed by atoms with Crippen LogP contribution in [0.1, 0.15) is 16.7 Å². The average molecular weight is 256 g/mol. The molecule has 0 saturated heterocycles. The Morgan fingerprint density at radius 3 is 3.21 bits per heavy atom. The first-order valence-corrected chi connectivity index (χ1v) is 6.86. The molecule has 4 heteroatoms. The van der Waals surface area contributed by atoms with Crippen LogP contribution in [0.2, 0.25) is 0 Å². The number of para-hydroxylation sites is 1. The molecule has 0 radical (unpaired) electrons. The molecule has 100 valence electrons. The summed E-state index contributed by atoms with van der Waals surface area (Å²) in [6.45, 7) is 2.98. The highest BCUT2D eigenvalue weighted by atomic mass is 15.2. The Morgan fingerprint density at radius 1 is 1.42 bits per heavy atom. The van der Waals surface area contributed by atoms with E-state index in [1.54, 1.807) is 0 Å². The van der Waals surface area contributed by atoms with Crippen molar-refractivity contribution in [1.82, 2.24) is 15.1 Å². The Hall–Kier alpha value is -1.81. The van der Waals surface area contributed by atoms with Gasteiger partial charge in [-0.15, -0.1) is 0 Å². The van der Waals surface area contributed by atoms with Gasteiger partial charge in [0.15, 0.2) is 0 Å². The molecule has 0 bridgehead atoms. The van der Waals surface area contributed by atoms with Gasteiger partial charge in [-0.1, -0.05) is 18.2 Å². The van der Waals surface area contributed by atoms with Crippen molar-refractivity contribution in [2.24, 2.45) is 7.05 Å². The third kappa shape index (κ3) is 2.79. The maximum Gasteiger partial charge on any atom is 0.0522 e. The molecule has 0 spiro atoms. The molecule has 1 aromatic heterocycles. The first-order valence-electron chi connectivity index (χ1n) is 6.86. The van der Waals surface area contributed by atoms with Crippen LogP contribution in [0.15, 0.2) is 30.6 Å². The molecule has 3 rings (SSSR count). The highest BCUT2D eigenvalue weighted by Gasteiger charge is 2.12. The minimum atomic E-state index is 0.927. The van der Waals surface area contributed by atoms with E-state index < -0.39 is 0 Å². The molecule has 0 aliphatic carbocycles. The smallest absolute Gasteiger partial charge is 0.0522 e. The van der Waals surface area contributed by atoms with Crippen molar-refractivity contribution in [3.05, 3.63) is 47.3 Å². The summed E-state index contributed by atoms with van der Waals surface area (Å²) in [6, 6.07) is 6.58. The Bertz CT molecular complexity index is 559. The van der Waals surface area contributed by atoms with Gasteiger partial charge >= 0.3 is 0 Å². The normalized spacial score (nSPS) is 13.3. The fourth-order valence-electron chi connectivity index (χ4n) is 2.61. The largest absolute Gasteiger partial charge is 0.384 e. The van der Waals surface area contributed by atoms with Gasteiger partial charge in [-0.3, -0.25) is 4.68 Å². The summed E-state index contributed by atoms with van der Waals surface area (Å²) >= 11 is 0. The maximum atomic E-state index is 4.18. The lowest BCUT2D eigenvalue weighted by molar-refractivity contribution is 0.687. The van der Waals surface area contributed by atoms with E-state index >= 15 is 0 Å². The predicted octanol–water partition coefficient (Wildman–Crippen LogP) is 1.72. The zero-order valence-electron chi connectivity index (χ0n) is 11.3. The molecule has 2 N–H and O–H groups in total. The summed E-state index contributed by atoms with van der Waals surface area (Å²) in [5.74, 6) is 0. The third-order valence-electron chi connectivity index (χ3n) is 3.60. The van der Waals surface area contributed by atoms with Crippen LogP contribution in [0.5, 0.6) is 0 Å². The predicted molar refractivity (Wildman–Crippen MR) is 77.3 cm³/mol. The number of anilines is 1. The molecule has 1 aliphatic heterocycles. The molecular formula is C15H20N4. The molecule has 0 amide bonds. The van der Waals surface area contributed by atoms with Crippen LogP contribution >= 0.6 is 0 Å². The number of fused-ring (bicyclic) bond motifs is 1. The molecule has 1 aliphatic rings. The van der Waals surface area contributed by atoms with Crippen molar-refractivity contribution in [2.75, 3.05) is 18.4 Å². The number of nitrogens with zero attached hydrogens (tertiary/aromatic N) is 2. The quantitative estimate of drug-likeness (QED) is 0.800. The molecule has 2 aromatic rings. The lowest BCUT2D eigenvalue weighted by atomic mass is 10.1. The van der Waals surface area contributed by atoms with Gasteiger partial charge in [0.2, 0.25) is 0 Å². The van der Waals surface area contributed by atoms with Crippen LogP contribution < -0.4 is 10.6 Å². The topological polar surface area (TPSA) is 41.9 Å².